The van der Waals surface area contributed by atoms with E-state index in [0.717, 1.165) is 22.5 Å². The van der Waals surface area contributed by atoms with Gasteiger partial charge in [0.15, 0.2) is 0 Å². The van der Waals surface area contributed by atoms with Gasteiger partial charge in [0.2, 0.25) is 0 Å². The molecule has 4 nitrogen and oxygen atoms in total. The second-order valence-electron chi connectivity index (χ2n) is 3.01. The Hall–Kier alpha value is -1.24. The van der Waals surface area contributed by atoms with Gasteiger partial charge in [0.1, 0.15) is 0 Å². The summed E-state index contributed by atoms with van der Waals surface area (Å²) in [7, 11) is 0. The van der Waals surface area contributed by atoms with Gasteiger partial charge in [0.05, 0.1) is 11.0 Å². The molecule has 0 aliphatic rings. The highest BCUT2D eigenvalue weighted by Gasteiger charge is 2.15. The number of rotatable bonds is 3. The molecule has 2 rings (SSSR count). The van der Waals surface area contributed by atoms with Gasteiger partial charge in [-0.25, -0.2) is 0 Å². The van der Waals surface area contributed by atoms with E-state index in [2.05, 4.69) is 0 Å². The quantitative estimate of drug-likeness (QED) is 0.662. The molecule has 1 atom stereocenters. The fourth-order valence-electron chi connectivity index (χ4n) is 1.24. The molecule has 0 saturated heterocycles. The lowest BCUT2D eigenvalue weighted by atomic mass is 10.1. The van der Waals surface area contributed by atoms with E-state index in [1.165, 1.54) is 6.07 Å². The average molecular weight is 240 g/mol. The Morgan fingerprint density at radius 1 is 1.40 bits per heavy atom. The molecule has 0 amide bonds. The van der Waals surface area contributed by atoms with Crippen LogP contribution in [0, 0.1) is 10.1 Å². The molecule has 78 valence electrons. The number of nitrogens with zero attached hydrogens (tertiary/aromatic N) is 1. The van der Waals surface area contributed by atoms with Gasteiger partial charge in [0, 0.05) is 11.4 Å². The van der Waals surface area contributed by atoms with E-state index in [9.17, 15) is 10.1 Å². The van der Waals surface area contributed by atoms with Crippen LogP contribution in [0.4, 0.5) is 5.00 Å². The zero-order valence-electron chi connectivity index (χ0n) is 7.62. The van der Waals surface area contributed by atoms with Crippen LogP contribution in [0.2, 0.25) is 0 Å². The minimum absolute atomic E-state index is 0.135. The summed E-state index contributed by atoms with van der Waals surface area (Å²) in [4.78, 5) is 10.1. The molecule has 2 aromatic rings. The third-order valence-electron chi connectivity index (χ3n) is 2.05. The van der Waals surface area contributed by atoms with Crippen LogP contribution in [-0.4, -0.2) is 4.92 Å². The average Bonchev–Trinajstić information content (AvgIpc) is 2.88. The summed E-state index contributed by atoms with van der Waals surface area (Å²) in [6.07, 6.45) is 0. The van der Waals surface area contributed by atoms with Crippen LogP contribution >= 0.6 is 22.7 Å². The predicted octanol–water partition coefficient (Wildman–Crippen LogP) is 2.77. The molecule has 0 saturated carbocycles. The van der Waals surface area contributed by atoms with Crippen molar-refractivity contribution in [2.75, 3.05) is 0 Å². The molecule has 0 bridgehead atoms. The van der Waals surface area contributed by atoms with Gasteiger partial charge in [-0.2, -0.15) is 11.3 Å². The fraction of sp³-hybridized carbons (Fsp3) is 0.111. The summed E-state index contributed by atoms with van der Waals surface area (Å²) < 4.78 is 0. The van der Waals surface area contributed by atoms with Gasteiger partial charge in [-0.1, -0.05) is 11.3 Å². The molecule has 2 N–H and O–H groups in total. The smallest absolute Gasteiger partial charge is 0.320 e. The van der Waals surface area contributed by atoms with E-state index in [0.29, 0.717) is 0 Å². The van der Waals surface area contributed by atoms with Gasteiger partial charge in [-0.3, -0.25) is 10.1 Å². The molecule has 0 aliphatic heterocycles. The van der Waals surface area contributed by atoms with E-state index in [-0.39, 0.29) is 11.0 Å². The minimum Gasteiger partial charge on any atom is -0.320 e. The summed E-state index contributed by atoms with van der Waals surface area (Å²) >= 11 is 2.67. The normalized spacial score (nSPS) is 12.6. The lowest BCUT2D eigenvalue weighted by molar-refractivity contribution is -0.380. The number of thiophene rings is 2. The fourth-order valence-corrected chi connectivity index (χ4v) is 2.70. The van der Waals surface area contributed by atoms with E-state index in [1.54, 1.807) is 16.7 Å². The van der Waals surface area contributed by atoms with Crippen LogP contribution in [0.15, 0.2) is 28.3 Å². The molecule has 0 fully saturated rings. The molecule has 2 aromatic heterocycles. The second-order valence-corrected chi connectivity index (χ2v) is 4.68. The highest BCUT2D eigenvalue weighted by atomic mass is 32.1. The molecule has 0 aromatic carbocycles. The molecular weight excluding hydrogens is 232 g/mol. The molecule has 15 heavy (non-hydrogen) atoms. The van der Waals surface area contributed by atoms with Crippen molar-refractivity contribution < 1.29 is 4.92 Å². The largest absolute Gasteiger partial charge is 0.324 e. The van der Waals surface area contributed by atoms with Crippen LogP contribution in [0.5, 0.6) is 0 Å². The van der Waals surface area contributed by atoms with Crippen molar-refractivity contribution in [1.29, 1.82) is 0 Å². The maximum absolute atomic E-state index is 10.5. The molecule has 6 heteroatoms. The number of nitro groups is 1. The topological polar surface area (TPSA) is 69.2 Å². The maximum atomic E-state index is 10.5. The zero-order chi connectivity index (χ0) is 10.8. The number of hydrogen-bond acceptors (Lipinski definition) is 5. The van der Waals surface area contributed by atoms with Crippen LogP contribution < -0.4 is 5.73 Å². The van der Waals surface area contributed by atoms with Crippen molar-refractivity contribution in [2.45, 2.75) is 6.04 Å². The SMILES string of the molecule is N[C@@H](c1ccsc1)c1csc([N+](=O)[O-])c1. The Morgan fingerprint density at radius 3 is 2.73 bits per heavy atom. The molecule has 2 heterocycles. The predicted molar refractivity (Wildman–Crippen MR) is 61.3 cm³/mol. The van der Waals surface area contributed by atoms with Crippen LogP contribution in [0.25, 0.3) is 0 Å². The minimum atomic E-state index is -0.394. The van der Waals surface area contributed by atoms with Crippen molar-refractivity contribution in [2.24, 2.45) is 5.73 Å². The first-order valence-electron chi connectivity index (χ1n) is 4.19. The van der Waals surface area contributed by atoms with Crippen LogP contribution in [-0.2, 0) is 0 Å². The second kappa shape index (κ2) is 4.09. The Labute approximate surface area is 94.1 Å². The first kappa shape index (κ1) is 10.3. The highest BCUT2D eigenvalue weighted by Crippen LogP contribution is 2.29. The Kier molecular flexibility index (Phi) is 2.81. The maximum Gasteiger partial charge on any atom is 0.324 e. The van der Waals surface area contributed by atoms with Crippen LogP contribution in [0.1, 0.15) is 17.2 Å². The first-order chi connectivity index (χ1) is 7.18. The summed E-state index contributed by atoms with van der Waals surface area (Å²) in [5, 5.41) is 16.3. The van der Waals surface area contributed by atoms with Crippen molar-refractivity contribution in [3.8, 4) is 0 Å². The van der Waals surface area contributed by atoms with E-state index < -0.39 is 4.92 Å². The summed E-state index contributed by atoms with van der Waals surface area (Å²) in [6, 6.07) is 3.20. The van der Waals surface area contributed by atoms with Gasteiger partial charge < -0.3 is 5.73 Å². The van der Waals surface area contributed by atoms with E-state index in [4.69, 9.17) is 5.73 Å². The standard InChI is InChI=1S/C9H8N2O2S2/c10-9(6-1-2-14-4-6)7-3-8(11(12)13)15-5-7/h1-5,9H,10H2/t9-/m0/s1. The number of hydrogen-bond donors (Lipinski definition) is 1. The third kappa shape index (κ3) is 2.06. The molecule has 0 spiro atoms. The Morgan fingerprint density at radius 2 is 2.20 bits per heavy atom. The van der Waals surface area contributed by atoms with Gasteiger partial charge in [-0.05, 0) is 28.0 Å². The lowest BCUT2D eigenvalue weighted by Gasteiger charge is -2.05. The monoisotopic (exact) mass is 240 g/mol. The van der Waals surface area contributed by atoms with E-state index in [1.807, 2.05) is 16.8 Å². The van der Waals surface area contributed by atoms with Crippen molar-refractivity contribution >= 4 is 27.7 Å². The highest BCUT2D eigenvalue weighted by molar-refractivity contribution is 7.13. The summed E-state index contributed by atoms with van der Waals surface area (Å²) in [5.74, 6) is 0. The van der Waals surface area contributed by atoms with Gasteiger partial charge >= 0.3 is 5.00 Å². The Bertz CT molecular complexity index is 464. The molecular formula is C9H8N2O2S2. The van der Waals surface area contributed by atoms with Gasteiger partial charge in [-0.15, -0.1) is 0 Å². The molecule has 0 aliphatic carbocycles. The number of nitrogens with two attached hydrogens (primary N) is 1. The summed E-state index contributed by atoms with van der Waals surface area (Å²) in [6.45, 7) is 0. The lowest BCUT2D eigenvalue weighted by Crippen LogP contribution is -2.09. The van der Waals surface area contributed by atoms with Crippen LogP contribution in [0.3, 0.4) is 0 Å². The van der Waals surface area contributed by atoms with Crippen molar-refractivity contribution in [1.82, 2.24) is 0 Å². The van der Waals surface area contributed by atoms with Crippen molar-refractivity contribution in [3.63, 3.8) is 0 Å². The zero-order valence-corrected chi connectivity index (χ0v) is 9.25. The molecule has 0 unspecified atom stereocenters. The summed E-state index contributed by atoms with van der Waals surface area (Å²) in [5.41, 5.74) is 7.75. The Balaban J connectivity index is 2.26. The molecule has 0 radical (unpaired) electrons. The third-order valence-corrected chi connectivity index (χ3v) is 3.65. The van der Waals surface area contributed by atoms with Crippen molar-refractivity contribution in [3.05, 3.63) is 49.5 Å². The van der Waals surface area contributed by atoms with E-state index >= 15 is 0 Å². The first-order valence-corrected chi connectivity index (χ1v) is 6.01. The van der Waals surface area contributed by atoms with Gasteiger partial charge in [0.25, 0.3) is 0 Å².